The molecule has 0 bridgehead atoms. The van der Waals surface area contributed by atoms with Crippen LogP contribution in [0.2, 0.25) is 5.02 Å². The van der Waals surface area contributed by atoms with Gasteiger partial charge >= 0.3 is 0 Å². The number of benzene rings is 2. The second kappa shape index (κ2) is 10.4. The highest BCUT2D eigenvalue weighted by atomic mass is 35.5. The molecule has 1 fully saturated rings. The first-order chi connectivity index (χ1) is 15.0. The molecule has 0 radical (unpaired) electrons. The van der Waals surface area contributed by atoms with Gasteiger partial charge in [0.25, 0.3) is 5.91 Å². The largest absolute Gasteiger partial charge is 0.496 e. The van der Waals surface area contributed by atoms with E-state index in [2.05, 4.69) is 5.32 Å². The van der Waals surface area contributed by atoms with E-state index in [0.717, 1.165) is 5.56 Å². The van der Waals surface area contributed by atoms with Gasteiger partial charge in [-0.25, -0.2) is 0 Å². The Hall–Kier alpha value is -2.93. The molecule has 1 aliphatic rings. The molecule has 1 saturated heterocycles. The summed E-state index contributed by atoms with van der Waals surface area (Å²) in [5.41, 5.74) is 1.40. The highest BCUT2D eigenvalue weighted by Crippen LogP contribution is 2.34. The van der Waals surface area contributed by atoms with Crippen LogP contribution in [-0.2, 0) is 11.3 Å². The van der Waals surface area contributed by atoms with Crippen LogP contribution in [0.3, 0.4) is 0 Å². The lowest BCUT2D eigenvalue weighted by atomic mass is 9.95. The third-order valence-electron chi connectivity index (χ3n) is 5.48. The Balaban J connectivity index is 1.56. The minimum atomic E-state index is -0.139. The number of nitrogens with zero attached hydrogens (tertiary/aromatic N) is 1. The molecule has 3 rings (SSSR count). The van der Waals surface area contributed by atoms with Crippen molar-refractivity contribution in [3.05, 3.63) is 52.5 Å². The fourth-order valence-electron chi connectivity index (χ4n) is 3.68. The van der Waals surface area contributed by atoms with Crippen molar-refractivity contribution in [1.29, 1.82) is 0 Å². The molecule has 8 heteroatoms. The van der Waals surface area contributed by atoms with Crippen molar-refractivity contribution in [2.24, 2.45) is 5.92 Å². The van der Waals surface area contributed by atoms with Gasteiger partial charge < -0.3 is 24.4 Å². The Bertz CT molecular complexity index is 924. The number of carbonyl (C=O) groups excluding carboxylic acids is 2. The topological polar surface area (TPSA) is 77.1 Å². The predicted octanol–water partition coefficient (Wildman–Crippen LogP) is 3.53. The molecule has 2 aromatic carbocycles. The van der Waals surface area contributed by atoms with E-state index >= 15 is 0 Å². The number of piperidine rings is 1. The molecule has 31 heavy (non-hydrogen) atoms. The molecule has 0 atom stereocenters. The number of methoxy groups -OCH3 is 3. The third-order valence-corrected chi connectivity index (χ3v) is 5.74. The first kappa shape index (κ1) is 22.7. The number of nitrogens with one attached hydrogen (secondary N) is 1. The summed E-state index contributed by atoms with van der Waals surface area (Å²) in [6.45, 7) is 1.39. The van der Waals surface area contributed by atoms with Crippen LogP contribution < -0.4 is 19.5 Å². The summed E-state index contributed by atoms with van der Waals surface area (Å²) in [7, 11) is 4.69. The van der Waals surface area contributed by atoms with E-state index in [4.69, 9.17) is 25.8 Å². The van der Waals surface area contributed by atoms with Crippen LogP contribution >= 0.6 is 11.6 Å². The van der Waals surface area contributed by atoms with Crippen molar-refractivity contribution >= 4 is 23.4 Å². The SMILES string of the molecule is COc1cc(OC)c(OC)cc1CNC(=O)C1CCN(C(=O)c2ccc(Cl)cc2)CC1. The summed E-state index contributed by atoms with van der Waals surface area (Å²) in [6, 6.07) is 10.4. The van der Waals surface area contributed by atoms with Crippen molar-refractivity contribution in [1.82, 2.24) is 10.2 Å². The maximum Gasteiger partial charge on any atom is 0.253 e. The quantitative estimate of drug-likeness (QED) is 0.704. The first-order valence-electron chi connectivity index (χ1n) is 10.1. The fourth-order valence-corrected chi connectivity index (χ4v) is 3.80. The molecular formula is C23H27ClN2O5. The van der Waals surface area contributed by atoms with Gasteiger partial charge in [0, 0.05) is 47.8 Å². The third kappa shape index (κ3) is 5.41. The highest BCUT2D eigenvalue weighted by Gasteiger charge is 2.28. The van der Waals surface area contributed by atoms with Crippen molar-refractivity contribution < 1.29 is 23.8 Å². The molecule has 1 aliphatic heterocycles. The van der Waals surface area contributed by atoms with Gasteiger partial charge in [-0.2, -0.15) is 0 Å². The first-order valence-corrected chi connectivity index (χ1v) is 10.5. The molecule has 0 saturated carbocycles. The van der Waals surface area contributed by atoms with Gasteiger partial charge in [-0.15, -0.1) is 0 Å². The molecule has 0 aromatic heterocycles. The van der Waals surface area contributed by atoms with Crippen molar-refractivity contribution in [2.75, 3.05) is 34.4 Å². The van der Waals surface area contributed by atoms with Crippen LogP contribution in [0, 0.1) is 5.92 Å². The minimum Gasteiger partial charge on any atom is -0.496 e. The lowest BCUT2D eigenvalue weighted by Crippen LogP contribution is -2.42. The number of likely N-dealkylation sites (tertiary alicyclic amines) is 1. The van der Waals surface area contributed by atoms with Crippen LogP contribution in [-0.4, -0.2) is 51.1 Å². The number of hydrogen-bond acceptors (Lipinski definition) is 5. The van der Waals surface area contributed by atoms with Gasteiger partial charge in [-0.3, -0.25) is 9.59 Å². The molecule has 1 N–H and O–H groups in total. The smallest absolute Gasteiger partial charge is 0.253 e. The average Bonchev–Trinajstić information content (AvgIpc) is 2.82. The van der Waals surface area contributed by atoms with Crippen molar-refractivity contribution in [3.63, 3.8) is 0 Å². The van der Waals surface area contributed by atoms with E-state index in [1.165, 1.54) is 0 Å². The molecule has 166 valence electrons. The zero-order chi connectivity index (χ0) is 22.4. The van der Waals surface area contributed by atoms with E-state index in [0.29, 0.717) is 60.3 Å². The monoisotopic (exact) mass is 446 g/mol. The zero-order valence-corrected chi connectivity index (χ0v) is 18.7. The molecule has 2 aromatic rings. The second-order valence-electron chi connectivity index (χ2n) is 7.31. The highest BCUT2D eigenvalue weighted by molar-refractivity contribution is 6.30. The Morgan fingerprint density at radius 1 is 0.968 bits per heavy atom. The number of carbonyl (C=O) groups is 2. The minimum absolute atomic E-state index is 0.0320. The molecule has 0 aliphatic carbocycles. The molecule has 0 unspecified atom stereocenters. The maximum atomic E-state index is 12.7. The maximum absolute atomic E-state index is 12.7. The predicted molar refractivity (Wildman–Crippen MR) is 118 cm³/mol. The average molecular weight is 447 g/mol. The van der Waals surface area contributed by atoms with E-state index in [9.17, 15) is 9.59 Å². The number of ether oxygens (including phenoxy) is 3. The van der Waals surface area contributed by atoms with Crippen LogP contribution in [0.4, 0.5) is 0 Å². The molecule has 1 heterocycles. The number of rotatable bonds is 7. The van der Waals surface area contributed by atoms with Crippen LogP contribution in [0.15, 0.2) is 36.4 Å². The van der Waals surface area contributed by atoms with Crippen molar-refractivity contribution in [3.8, 4) is 17.2 Å². The number of halogens is 1. The Morgan fingerprint density at radius 2 is 1.55 bits per heavy atom. The normalized spacial score (nSPS) is 14.1. The van der Waals surface area contributed by atoms with Gasteiger partial charge in [0.05, 0.1) is 21.3 Å². The second-order valence-corrected chi connectivity index (χ2v) is 7.75. The lowest BCUT2D eigenvalue weighted by molar-refractivity contribution is -0.126. The summed E-state index contributed by atoms with van der Waals surface area (Å²) in [5.74, 6) is 1.54. The summed E-state index contributed by atoms with van der Waals surface area (Å²) in [5, 5.41) is 3.58. The Morgan fingerprint density at radius 3 is 2.13 bits per heavy atom. The fraction of sp³-hybridized carbons (Fsp3) is 0.391. The zero-order valence-electron chi connectivity index (χ0n) is 17.9. The van der Waals surface area contributed by atoms with E-state index in [1.54, 1.807) is 62.6 Å². The summed E-state index contributed by atoms with van der Waals surface area (Å²) >= 11 is 5.89. The van der Waals surface area contributed by atoms with Gasteiger partial charge in [0.15, 0.2) is 11.5 Å². The summed E-state index contributed by atoms with van der Waals surface area (Å²) in [6.07, 6.45) is 1.24. The lowest BCUT2D eigenvalue weighted by Gasteiger charge is -2.31. The van der Waals surface area contributed by atoms with Gasteiger partial charge in [0.2, 0.25) is 5.91 Å². The number of amides is 2. The molecular weight excluding hydrogens is 420 g/mol. The standard InChI is InChI=1S/C23H27ClN2O5/c1-29-19-13-21(31-3)20(30-2)12-17(19)14-25-22(27)15-8-10-26(11-9-15)23(28)16-4-6-18(24)7-5-16/h4-7,12-13,15H,8-11,14H2,1-3H3,(H,25,27). The Labute approximate surface area is 187 Å². The summed E-state index contributed by atoms with van der Waals surface area (Å²) < 4.78 is 16.0. The van der Waals surface area contributed by atoms with Gasteiger partial charge in [0.1, 0.15) is 5.75 Å². The van der Waals surface area contributed by atoms with Crippen LogP contribution in [0.5, 0.6) is 17.2 Å². The van der Waals surface area contributed by atoms with Crippen LogP contribution in [0.25, 0.3) is 0 Å². The van der Waals surface area contributed by atoms with Gasteiger partial charge in [-0.1, -0.05) is 11.6 Å². The van der Waals surface area contributed by atoms with E-state index in [-0.39, 0.29) is 17.7 Å². The Kier molecular flexibility index (Phi) is 7.63. The number of hydrogen-bond donors (Lipinski definition) is 1. The van der Waals surface area contributed by atoms with Gasteiger partial charge in [-0.05, 0) is 43.2 Å². The van der Waals surface area contributed by atoms with Crippen molar-refractivity contribution in [2.45, 2.75) is 19.4 Å². The molecule has 2 amide bonds. The van der Waals surface area contributed by atoms with E-state index < -0.39 is 0 Å². The molecule has 7 nitrogen and oxygen atoms in total. The van der Waals surface area contributed by atoms with E-state index in [1.807, 2.05) is 0 Å². The summed E-state index contributed by atoms with van der Waals surface area (Å²) in [4.78, 5) is 27.1. The molecule has 0 spiro atoms. The van der Waals surface area contributed by atoms with Crippen LogP contribution in [0.1, 0.15) is 28.8 Å².